The topological polar surface area (TPSA) is 92.3 Å². The molecule has 1 N–H and O–H groups in total. The van der Waals surface area contributed by atoms with Gasteiger partial charge in [0.2, 0.25) is 5.75 Å². The van der Waals surface area contributed by atoms with Gasteiger partial charge in [0.05, 0.1) is 33.5 Å². The molecule has 8 nitrogen and oxygen atoms in total. The van der Waals surface area contributed by atoms with Crippen molar-refractivity contribution in [1.29, 1.82) is 0 Å². The summed E-state index contributed by atoms with van der Waals surface area (Å²) >= 11 is 6.01. The number of nitrogens with one attached hydrogen (secondary N) is 1. The fourth-order valence-electron chi connectivity index (χ4n) is 2.41. The lowest BCUT2D eigenvalue weighted by Crippen LogP contribution is -2.21. The van der Waals surface area contributed by atoms with Gasteiger partial charge in [-0.15, -0.1) is 0 Å². The molecule has 2 aromatic rings. The van der Waals surface area contributed by atoms with Crippen LogP contribution in [0.1, 0.15) is 10.4 Å². The first-order valence-corrected chi connectivity index (χ1v) is 8.42. The number of anilines is 1. The van der Waals surface area contributed by atoms with E-state index in [-0.39, 0.29) is 17.1 Å². The maximum absolute atomic E-state index is 12.4. The van der Waals surface area contributed by atoms with E-state index in [1.807, 2.05) is 0 Å². The first kappa shape index (κ1) is 21.2. The van der Waals surface area contributed by atoms with Crippen LogP contribution in [0.3, 0.4) is 0 Å². The fourth-order valence-corrected chi connectivity index (χ4v) is 2.67. The summed E-state index contributed by atoms with van der Waals surface area (Å²) in [5.41, 5.74) is 0.538. The van der Waals surface area contributed by atoms with Gasteiger partial charge in [0.25, 0.3) is 5.91 Å². The number of benzene rings is 2. The van der Waals surface area contributed by atoms with E-state index in [1.54, 1.807) is 12.1 Å². The number of rotatable bonds is 8. The molecular formula is C19H20ClNO7. The van der Waals surface area contributed by atoms with Gasteiger partial charge in [0.1, 0.15) is 11.3 Å². The summed E-state index contributed by atoms with van der Waals surface area (Å²) in [4.78, 5) is 24.4. The summed E-state index contributed by atoms with van der Waals surface area (Å²) in [5.74, 6) is -0.0163. The van der Waals surface area contributed by atoms with Crippen LogP contribution in [-0.4, -0.2) is 46.9 Å². The minimum atomic E-state index is -0.749. The van der Waals surface area contributed by atoms with E-state index in [1.165, 1.54) is 46.6 Å². The monoisotopic (exact) mass is 409 g/mol. The first-order valence-electron chi connectivity index (χ1n) is 8.04. The Labute approximate surface area is 167 Å². The molecule has 2 aromatic carbocycles. The Morgan fingerprint density at radius 1 is 0.893 bits per heavy atom. The molecule has 0 saturated heterocycles. The molecule has 0 bridgehead atoms. The average molecular weight is 410 g/mol. The van der Waals surface area contributed by atoms with Gasteiger partial charge >= 0.3 is 5.97 Å². The van der Waals surface area contributed by atoms with Gasteiger partial charge in [0.15, 0.2) is 18.1 Å². The predicted octanol–water partition coefficient (Wildman–Crippen LogP) is 3.17. The number of hydrogen-bond acceptors (Lipinski definition) is 7. The van der Waals surface area contributed by atoms with Crippen LogP contribution in [-0.2, 0) is 9.53 Å². The molecule has 0 aromatic heterocycles. The van der Waals surface area contributed by atoms with E-state index in [9.17, 15) is 9.59 Å². The van der Waals surface area contributed by atoms with Gasteiger partial charge in [-0.3, -0.25) is 4.79 Å². The molecule has 0 saturated carbocycles. The third-order valence-corrected chi connectivity index (χ3v) is 3.99. The molecule has 0 atom stereocenters. The summed E-state index contributed by atoms with van der Waals surface area (Å²) in [6, 6.07) is 7.75. The third-order valence-electron chi connectivity index (χ3n) is 3.69. The fraction of sp³-hybridized carbons (Fsp3) is 0.263. The van der Waals surface area contributed by atoms with Crippen molar-refractivity contribution in [2.75, 3.05) is 40.4 Å². The molecule has 0 aliphatic rings. The van der Waals surface area contributed by atoms with E-state index >= 15 is 0 Å². The SMILES string of the molecule is COc1ccc(NC(=O)COC(=O)c2ccc(OC)c(OC)c2OC)cc1Cl. The lowest BCUT2D eigenvalue weighted by Gasteiger charge is -2.15. The number of ether oxygens (including phenoxy) is 5. The third kappa shape index (κ3) is 4.77. The largest absolute Gasteiger partial charge is 0.495 e. The van der Waals surface area contributed by atoms with Gasteiger partial charge in [-0.1, -0.05) is 11.6 Å². The Balaban J connectivity index is 2.05. The number of methoxy groups -OCH3 is 4. The number of carbonyl (C=O) groups is 2. The number of carbonyl (C=O) groups excluding carboxylic acids is 2. The molecule has 0 radical (unpaired) electrons. The highest BCUT2D eigenvalue weighted by Crippen LogP contribution is 2.39. The van der Waals surface area contributed by atoms with Crippen LogP contribution in [0, 0.1) is 0 Å². The van der Waals surface area contributed by atoms with Crippen molar-refractivity contribution in [1.82, 2.24) is 0 Å². The standard InChI is InChI=1S/C19H20ClNO7/c1-24-14-7-5-11(9-13(14)20)21-16(22)10-28-19(23)12-6-8-15(25-2)18(27-4)17(12)26-3/h5-9H,10H2,1-4H3,(H,21,22). The molecular weight excluding hydrogens is 390 g/mol. The summed E-state index contributed by atoms with van der Waals surface area (Å²) in [6.07, 6.45) is 0. The van der Waals surface area contributed by atoms with E-state index in [0.717, 1.165) is 0 Å². The smallest absolute Gasteiger partial charge is 0.342 e. The molecule has 150 valence electrons. The summed E-state index contributed by atoms with van der Waals surface area (Å²) in [6.45, 7) is -0.500. The number of esters is 1. The van der Waals surface area contributed by atoms with Gasteiger partial charge in [-0.2, -0.15) is 0 Å². The molecule has 0 fully saturated rings. The van der Waals surface area contributed by atoms with Crippen molar-refractivity contribution in [3.05, 3.63) is 40.9 Å². The molecule has 2 rings (SSSR count). The zero-order chi connectivity index (χ0) is 20.7. The van der Waals surface area contributed by atoms with E-state index in [4.69, 9.17) is 35.3 Å². The van der Waals surface area contributed by atoms with Gasteiger partial charge in [0, 0.05) is 5.69 Å². The molecule has 0 aliphatic heterocycles. The van der Waals surface area contributed by atoms with Crippen LogP contribution in [0.4, 0.5) is 5.69 Å². The van der Waals surface area contributed by atoms with Gasteiger partial charge < -0.3 is 29.0 Å². The van der Waals surface area contributed by atoms with Gasteiger partial charge in [-0.05, 0) is 30.3 Å². The Hall–Kier alpha value is -3.13. The minimum Gasteiger partial charge on any atom is -0.495 e. The maximum atomic E-state index is 12.4. The highest BCUT2D eigenvalue weighted by atomic mass is 35.5. The highest BCUT2D eigenvalue weighted by Gasteiger charge is 2.22. The zero-order valence-corrected chi connectivity index (χ0v) is 16.6. The van der Waals surface area contributed by atoms with Crippen LogP contribution >= 0.6 is 11.6 Å². The van der Waals surface area contributed by atoms with E-state index < -0.39 is 18.5 Å². The van der Waals surface area contributed by atoms with Crippen molar-refractivity contribution in [2.45, 2.75) is 0 Å². The molecule has 28 heavy (non-hydrogen) atoms. The molecule has 0 aliphatic carbocycles. The summed E-state index contributed by atoms with van der Waals surface area (Å²) in [5, 5.41) is 2.92. The van der Waals surface area contributed by atoms with Crippen molar-refractivity contribution >= 4 is 29.2 Å². The Morgan fingerprint density at radius 3 is 2.11 bits per heavy atom. The summed E-state index contributed by atoms with van der Waals surface area (Å²) in [7, 11) is 5.75. The Bertz CT molecular complexity index is 870. The van der Waals surface area contributed by atoms with E-state index in [0.29, 0.717) is 22.2 Å². The van der Waals surface area contributed by atoms with Crippen LogP contribution < -0.4 is 24.3 Å². The molecule has 1 amide bonds. The predicted molar refractivity (Wildman–Crippen MR) is 103 cm³/mol. The quantitative estimate of drug-likeness (QED) is 0.669. The second-order valence-corrected chi connectivity index (χ2v) is 5.76. The maximum Gasteiger partial charge on any atom is 0.342 e. The highest BCUT2D eigenvalue weighted by molar-refractivity contribution is 6.32. The number of halogens is 1. The second-order valence-electron chi connectivity index (χ2n) is 5.36. The van der Waals surface area contributed by atoms with Crippen LogP contribution in [0.15, 0.2) is 30.3 Å². The Morgan fingerprint density at radius 2 is 1.54 bits per heavy atom. The number of amides is 1. The van der Waals surface area contributed by atoms with Crippen molar-refractivity contribution in [2.24, 2.45) is 0 Å². The summed E-state index contributed by atoms with van der Waals surface area (Å²) < 4.78 is 25.7. The molecule has 0 spiro atoms. The van der Waals surface area contributed by atoms with Crippen LogP contribution in [0.25, 0.3) is 0 Å². The zero-order valence-electron chi connectivity index (χ0n) is 15.8. The average Bonchev–Trinajstić information content (AvgIpc) is 2.70. The second kappa shape index (κ2) is 9.70. The minimum absolute atomic E-state index is 0.0976. The Kier molecular flexibility index (Phi) is 7.34. The molecule has 9 heteroatoms. The van der Waals surface area contributed by atoms with Crippen LogP contribution in [0.2, 0.25) is 5.02 Å². The van der Waals surface area contributed by atoms with Crippen molar-refractivity contribution < 1.29 is 33.3 Å². The molecule has 0 heterocycles. The molecule has 0 unspecified atom stereocenters. The van der Waals surface area contributed by atoms with Crippen LogP contribution in [0.5, 0.6) is 23.0 Å². The lowest BCUT2D eigenvalue weighted by molar-refractivity contribution is -0.119. The van der Waals surface area contributed by atoms with Crippen molar-refractivity contribution in [3.8, 4) is 23.0 Å². The van der Waals surface area contributed by atoms with E-state index in [2.05, 4.69) is 5.32 Å². The lowest BCUT2D eigenvalue weighted by atomic mass is 10.1. The first-order chi connectivity index (χ1) is 13.4. The van der Waals surface area contributed by atoms with Crippen molar-refractivity contribution in [3.63, 3.8) is 0 Å². The van der Waals surface area contributed by atoms with Gasteiger partial charge in [-0.25, -0.2) is 4.79 Å². The normalized spacial score (nSPS) is 10.0. The number of hydrogen-bond donors (Lipinski definition) is 1.